The summed E-state index contributed by atoms with van der Waals surface area (Å²) in [5.74, 6) is 1.54. The zero-order chi connectivity index (χ0) is 21.5. The van der Waals surface area contributed by atoms with Crippen molar-refractivity contribution < 1.29 is 19.0 Å². The van der Waals surface area contributed by atoms with Gasteiger partial charge in [-0.25, -0.2) is 0 Å². The molecule has 2 unspecified atom stereocenters. The van der Waals surface area contributed by atoms with Gasteiger partial charge < -0.3 is 19.5 Å². The molecule has 1 amide bonds. The number of nitrogens with zero attached hydrogens (tertiary/aromatic N) is 1. The fraction of sp³-hybridized carbons (Fsp3) is 0.480. The van der Waals surface area contributed by atoms with E-state index in [0.29, 0.717) is 18.7 Å². The largest absolute Gasteiger partial charge is 0.497 e. The van der Waals surface area contributed by atoms with Crippen LogP contribution in [0.3, 0.4) is 0 Å². The zero-order valence-corrected chi connectivity index (χ0v) is 18.2. The van der Waals surface area contributed by atoms with Gasteiger partial charge in [-0.2, -0.15) is 0 Å². The maximum absolute atomic E-state index is 12.8. The minimum Gasteiger partial charge on any atom is -0.497 e. The molecule has 6 heteroatoms. The number of ether oxygens (including phenoxy) is 3. The molecule has 2 fully saturated rings. The number of amides is 1. The Morgan fingerprint density at radius 3 is 2.42 bits per heavy atom. The molecule has 0 aromatic heterocycles. The van der Waals surface area contributed by atoms with Crippen LogP contribution in [0.2, 0.25) is 0 Å². The molecule has 2 aromatic carbocycles. The highest BCUT2D eigenvalue weighted by Crippen LogP contribution is 2.26. The lowest BCUT2D eigenvalue weighted by Gasteiger charge is -2.28. The average molecular weight is 425 g/mol. The van der Waals surface area contributed by atoms with Crippen LogP contribution in [0.1, 0.15) is 47.6 Å². The van der Waals surface area contributed by atoms with Gasteiger partial charge in [-0.15, -0.1) is 0 Å². The molecule has 1 N–H and O–H groups in total. The number of likely N-dealkylation sites (tertiary alicyclic amines) is 1. The number of rotatable bonds is 9. The first-order valence-electron chi connectivity index (χ1n) is 11.2. The Balaban J connectivity index is 1.34. The Kier molecular flexibility index (Phi) is 7.43. The molecule has 2 aromatic rings. The van der Waals surface area contributed by atoms with Crippen molar-refractivity contribution in [1.29, 1.82) is 0 Å². The van der Waals surface area contributed by atoms with Crippen LogP contribution in [-0.2, 0) is 4.74 Å². The number of hydrogen-bond donors (Lipinski definition) is 1. The number of carbonyl (C=O) groups excluding carboxylic acids is 1. The zero-order valence-electron chi connectivity index (χ0n) is 18.2. The Labute approximate surface area is 184 Å². The molecular weight excluding hydrogens is 392 g/mol. The van der Waals surface area contributed by atoms with E-state index in [1.807, 2.05) is 36.4 Å². The number of hydrogen-bond acceptors (Lipinski definition) is 5. The van der Waals surface area contributed by atoms with Crippen LogP contribution in [-0.4, -0.2) is 56.9 Å². The van der Waals surface area contributed by atoms with E-state index < -0.39 is 0 Å². The normalized spacial score (nSPS) is 19.8. The number of methoxy groups -OCH3 is 1. The third-order valence-electron chi connectivity index (χ3n) is 6.11. The third-order valence-corrected chi connectivity index (χ3v) is 6.11. The summed E-state index contributed by atoms with van der Waals surface area (Å²) < 4.78 is 16.7. The lowest BCUT2D eigenvalue weighted by molar-refractivity contribution is 0.0679. The molecule has 166 valence electrons. The first-order valence-corrected chi connectivity index (χ1v) is 11.2. The van der Waals surface area contributed by atoms with Crippen molar-refractivity contribution in [2.75, 3.05) is 40.0 Å². The monoisotopic (exact) mass is 424 g/mol. The van der Waals surface area contributed by atoms with Gasteiger partial charge in [0.15, 0.2) is 0 Å². The minimum absolute atomic E-state index is 0.0663. The molecule has 31 heavy (non-hydrogen) atoms. The summed E-state index contributed by atoms with van der Waals surface area (Å²) in [7, 11) is 1.67. The Morgan fingerprint density at radius 2 is 1.77 bits per heavy atom. The summed E-state index contributed by atoms with van der Waals surface area (Å²) >= 11 is 0. The summed E-state index contributed by atoms with van der Waals surface area (Å²) in [6.45, 7) is 4.07. The quantitative estimate of drug-likeness (QED) is 0.663. The summed E-state index contributed by atoms with van der Waals surface area (Å²) in [6.07, 6.45) is 4.74. The standard InChI is InChI=1S/C25H32N2O4/c1-29-21-10-6-19(7-11-21)24(27-14-2-3-15-27)17-26-25(28)20-8-12-22(13-9-20)31-18-23-5-4-16-30-23/h6-13,23-24H,2-5,14-18H2,1H3,(H,26,28). The summed E-state index contributed by atoms with van der Waals surface area (Å²) in [5, 5.41) is 3.13. The van der Waals surface area contributed by atoms with Gasteiger partial charge in [-0.1, -0.05) is 12.1 Å². The van der Waals surface area contributed by atoms with E-state index in [-0.39, 0.29) is 18.1 Å². The molecule has 2 aliphatic rings. The second kappa shape index (κ2) is 10.6. The Bertz CT molecular complexity index is 826. The maximum atomic E-state index is 12.8. The lowest BCUT2D eigenvalue weighted by atomic mass is 10.0. The summed E-state index contributed by atoms with van der Waals surface area (Å²) in [4.78, 5) is 15.2. The van der Waals surface area contributed by atoms with Crippen LogP contribution in [0.25, 0.3) is 0 Å². The Hall–Kier alpha value is -2.57. The van der Waals surface area contributed by atoms with Gasteiger partial charge >= 0.3 is 0 Å². The van der Waals surface area contributed by atoms with Gasteiger partial charge in [-0.05, 0) is 80.7 Å². The van der Waals surface area contributed by atoms with E-state index >= 15 is 0 Å². The highest BCUT2D eigenvalue weighted by atomic mass is 16.5. The van der Waals surface area contributed by atoms with Crippen molar-refractivity contribution in [2.24, 2.45) is 0 Å². The van der Waals surface area contributed by atoms with Gasteiger partial charge in [-0.3, -0.25) is 9.69 Å². The fourth-order valence-corrected chi connectivity index (χ4v) is 4.30. The minimum atomic E-state index is -0.0663. The van der Waals surface area contributed by atoms with Crippen LogP contribution in [0, 0.1) is 0 Å². The Morgan fingerprint density at radius 1 is 1.06 bits per heavy atom. The highest BCUT2D eigenvalue weighted by Gasteiger charge is 2.24. The maximum Gasteiger partial charge on any atom is 0.251 e. The van der Waals surface area contributed by atoms with Crippen LogP contribution in [0.15, 0.2) is 48.5 Å². The SMILES string of the molecule is COc1ccc(C(CNC(=O)c2ccc(OCC3CCCO3)cc2)N2CCCC2)cc1. The number of benzene rings is 2. The first-order chi connectivity index (χ1) is 15.2. The van der Waals surface area contributed by atoms with E-state index in [1.165, 1.54) is 18.4 Å². The molecule has 0 aliphatic carbocycles. The highest BCUT2D eigenvalue weighted by molar-refractivity contribution is 5.94. The van der Waals surface area contributed by atoms with Gasteiger partial charge in [0.05, 0.1) is 19.3 Å². The van der Waals surface area contributed by atoms with Crippen LogP contribution in [0.5, 0.6) is 11.5 Å². The van der Waals surface area contributed by atoms with Crippen molar-refractivity contribution in [3.63, 3.8) is 0 Å². The van der Waals surface area contributed by atoms with E-state index in [9.17, 15) is 4.79 Å². The smallest absolute Gasteiger partial charge is 0.251 e. The first kappa shape index (κ1) is 21.7. The van der Waals surface area contributed by atoms with Gasteiger partial charge in [0.25, 0.3) is 5.91 Å². The molecule has 0 saturated carbocycles. The molecule has 2 aliphatic heterocycles. The predicted molar refractivity (Wildman–Crippen MR) is 120 cm³/mol. The third kappa shape index (κ3) is 5.77. The molecule has 6 nitrogen and oxygen atoms in total. The van der Waals surface area contributed by atoms with Crippen molar-refractivity contribution in [2.45, 2.75) is 37.8 Å². The number of carbonyl (C=O) groups is 1. The fourth-order valence-electron chi connectivity index (χ4n) is 4.30. The second-order valence-electron chi connectivity index (χ2n) is 8.21. The van der Waals surface area contributed by atoms with E-state index in [4.69, 9.17) is 14.2 Å². The molecule has 0 spiro atoms. The van der Waals surface area contributed by atoms with Gasteiger partial charge in [0.2, 0.25) is 0 Å². The van der Waals surface area contributed by atoms with Crippen LogP contribution in [0.4, 0.5) is 0 Å². The van der Waals surface area contributed by atoms with Crippen LogP contribution < -0.4 is 14.8 Å². The van der Waals surface area contributed by atoms with Crippen LogP contribution >= 0.6 is 0 Å². The van der Waals surface area contributed by atoms with E-state index in [0.717, 1.165) is 44.0 Å². The predicted octanol–water partition coefficient (Wildman–Crippen LogP) is 3.82. The molecule has 0 radical (unpaired) electrons. The second-order valence-corrected chi connectivity index (χ2v) is 8.21. The topological polar surface area (TPSA) is 60.0 Å². The van der Waals surface area contributed by atoms with Gasteiger partial charge in [0.1, 0.15) is 18.1 Å². The molecule has 0 bridgehead atoms. The average Bonchev–Trinajstić information content (AvgIpc) is 3.53. The van der Waals surface area contributed by atoms with E-state index in [1.54, 1.807) is 7.11 Å². The van der Waals surface area contributed by atoms with Crippen molar-refractivity contribution >= 4 is 5.91 Å². The molecule has 2 saturated heterocycles. The summed E-state index contributed by atoms with van der Waals surface area (Å²) in [6, 6.07) is 15.6. The summed E-state index contributed by atoms with van der Waals surface area (Å²) in [5.41, 5.74) is 1.83. The lowest BCUT2D eigenvalue weighted by Crippen LogP contribution is -2.36. The molecular formula is C25H32N2O4. The van der Waals surface area contributed by atoms with Crippen molar-refractivity contribution in [1.82, 2.24) is 10.2 Å². The molecule has 2 heterocycles. The van der Waals surface area contributed by atoms with Crippen molar-refractivity contribution in [3.8, 4) is 11.5 Å². The van der Waals surface area contributed by atoms with Crippen molar-refractivity contribution in [3.05, 3.63) is 59.7 Å². The van der Waals surface area contributed by atoms with Gasteiger partial charge in [0, 0.05) is 18.7 Å². The molecule has 2 atom stereocenters. The van der Waals surface area contributed by atoms with E-state index in [2.05, 4.69) is 22.3 Å². The molecule has 4 rings (SSSR count). The number of nitrogens with one attached hydrogen (secondary N) is 1.